The summed E-state index contributed by atoms with van der Waals surface area (Å²) in [7, 11) is -2.94. The first-order chi connectivity index (χ1) is 34.8. The molecule has 3 heterocycles. The topological polar surface area (TPSA) is 14.8 Å². The van der Waals surface area contributed by atoms with Crippen molar-refractivity contribution in [3.05, 3.63) is 273 Å². The zero-order valence-electron chi connectivity index (χ0n) is 38.3. The molecular weight excluding hydrogens is 863 g/mol. The lowest BCUT2D eigenvalue weighted by molar-refractivity contribution is 1.12. The van der Waals surface area contributed by atoms with E-state index in [0.29, 0.717) is 0 Å². The molecule has 0 fully saturated rings. The number of hydrogen-bond donors (Lipinski definition) is 0. The van der Waals surface area contributed by atoms with Gasteiger partial charge in [-0.1, -0.05) is 218 Å². The van der Waals surface area contributed by atoms with E-state index in [1.54, 1.807) is 0 Å². The summed E-state index contributed by atoms with van der Waals surface area (Å²) in [6, 6.07) is 101. The molecule has 0 saturated heterocycles. The highest BCUT2D eigenvalue weighted by atomic mass is 28.3. The van der Waals surface area contributed by atoms with E-state index in [-0.39, 0.29) is 0 Å². The van der Waals surface area contributed by atoms with Gasteiger partial charge in [0.1, 0.15) is 0 Å². The lowest BCUT2D eigenvalue weighted by Gasteiger charge is -2.35. The van der Waals surface area contributed by atoms with Gasteiger partial charge in [-0.05, 0) is 86.5 Å². The minimum absolute atomic E-state index is 1.11. The quantitative estimate of drug-likeness (QED) is 0.107. The molecule has 0 unspecified atom stereocenters. The fourth-order valence-corrected chi connectivity index (χ4v) is 16.9. The Morgan fingerprint density at radius 1 is 0.257 bits per heavy atom. The van der Waals surface area contributed by atoms with Crippen molar-refractivity contribution in [2.75, 3.05) is 0 Å². The van der Waals surface area contributed by atoms with Gasteiger partial charge in [-0.25, -0.2) is 0 Å². The van der Waals surface area contributed by atoms with Gasteiger partial charge in [0.15, 0.2) is 8.07 Å². The molecule has 0 aliphatic carbocycles. The summed E-state index contributed by atoms with van der Waals surface area (Å²) in [4.78, 5) is 0. The van der Waals surface area contributed by atoms with Crippen LogP contribution in [0.2, 0.25) is 0 Å². The molecule has 0 aliphatic rings. The fourth-order valence-electron chi connectivity index (χ4n) is 11.9. The third kappa shape index (κ3) is 5.94. The van der Waals surface area contributed by atoms with Gasteiger partial charge in [0.25, 0.3) is 0 Å². The van der Waals surface area contributed by atoms with Crippen LogP contribution in [0.25, 0.3) is 93.6 Å². The summed E-state index contributed by atoms with van der Waals surface area (Å²) in [5, 5.41) is 12.9. The predicted octanol–water partition coefficient (Wildman–Crippen LogP) is 14.0. The van der Waals surface area contributed by atoms with Crippen LogP contribution in [0.1, 0.15) is 0 Å². The van der Waals surface area contributed by atoms with Crippen molar-refractivity contribution in [2.45, 2.75) is 0 Å². The van der Waals surface area contributed by atoms with Crippen LogP contribution in [0.3, 0.4) is 0 Å². The van der Waals surface area contributed by atoms with Crippen LogP contribution in [0.15, 0.2) is 273 Å². The van der Waals surface area contributed by atoms with E-state index in [1.807, 2.05) is 0 Å². The van der Waals surface area contributed by atoms with E-state index in [0.717, 1.165) is 28.1 Å². The van der Waals surface area contributed by atoms with Crippen molar-refractivity contribution in [3.63, 3.8) is 0 Å². The van der Waals surface area contributed by atoms with Gasteiger partial charge in [0.2, 0.25) is 0 Å². The molecule has 14 aromatic rings. The Hall–Kier alpha value is -8.96. The number of fused-ring (bicyclic) bond motifs is 9. The third-order valence-corrected chi connectivity index (χ3v) is 19.6. The van der Waals surface area contributed by atoms with E-state index >= 15 is 0 Å². The minimum atomic E-state index is -2.94. The van der Waals surface area contributed by atoms with Crippen LogP contribution in [0, 0.1) is 0 Å². The van der Waals surface area contributed by atoms with E-state index in [4.69, 9.17) is 0 Å². The van der Waals surface area contributed by atoms with Crippen LogP contribution >= 0.6 is 0 Å². The highest BCUT2D eigenvalue weighted by molar-refractivity contribution is 7.20. The van der Waals surface area contributed by atoms with Gasteiger partial charge in [-0.2, -0.15) is 0 Å². The molecular formula is C66H45N3Si. The predicted molar refractivity (Wildman–Crippen MR) is 299 cm³/mol. The van der Waals surface area contributed by atoms with E-state index in [1.165, 1.54) is 86.3 Å². The second-order valence-electron chi connectivity index (χ2n) is 18.4. The molecule has 0 amide bonds. The number of rotatable bonds is 8. The molecule has 0 radical (unpaired) electrons. The van der Waals surface area contributed by atoms with Gasteiger partial charge < -0.3 is 13.7 Å². The Bertz CT molecular complexity index is 4110. The summed E-state index contributed by atoms with van der Waals surface area (Å²) in [5.41, 5.74) is 12.8. The van der Waals surface area contributed by atoms with Crippen molar-refractivity contribution in [3.8, 4) is 28.2 Å². The van der Waals surface area contributed by atoms with Crippen LogP contribution in [0.4, 0.5) is 0 Å². The summed E-state index contributed by atoms with van der Waals surface area (Å²) in [5.74, 6) is 0. The Morgan fingerprint density at radius 3 is 1.30 bits per heavy atom. The summed E-state index contributed by atoms with van der Waals surface area (Å²) >= 11 is 0. The molecule has 0 spiro atoms. The fraction of sp³-hybridized carbons (Fsp3) is 0. The monoisotopic (exact) mass is 907 g/mol. The first-order valence-corrected chi connectivity index (χ1v) is 26.2. The zero-order valence-corrected chi connectivity index (χ0v) is 39.3. The Kier molecular flexibility index (Phi) is 9.23. The highest BCUT2D eigenvalue weighted by Gasteiger charge is 2.43. The van der Waals surface area contributed by atoms with Gasteiger partial charge >= 0.3 is 0 Å². The van der Waals surface area contributed by atoms with Crippen molar-refractivity contribution >= 4 is 94.2 Å². The van der Waals surface area contributed by atoms with Gasteiger partial charge in [0, 0.05) is 43.7 Å². The van der Waals surface area contributed by atoms with Crippen molar-refractivity contribution in [2.24, 2.45) is 0 Å². The summed E-state index contributed by atoms with van der Waals surface area (Å²) < 4.78 is 7.51. The molecule has 3 nitrogen and oxygen atoms in total. The molecule has 11 aromatic carbocycles. The minimum Gasteiger partial charge on any atom is -0.309 e. The average molecular weight is 908 g/mol. The molecule has 70 heavy (non-hydrogen) atoms. The maximum absolute atomic E-state index is 2.94. The second-order valence-corrected chi connectivity index (χ2v) is 22.2. The number of para-hydroxylation sites is 4. The molecule has 0 bridgehead atoms. The Balaban J connectivity index is 1.10. The molecule has 0 atom stereocenters. The Morgan fingerprint density at radius 2 is 0.700 bits per heavy atom. The standard InChI is InChI=1S/C66H45N3Si/c1-5-21-46(22-6-1)47-39-41-48(42-40-47)68-63-45-49(67-58-33-16-13-29-53(58)54-30-14-17-34-59(54)67)43-44-55(63)56-32-19-37-62(66(56)68)69-60-35-18-15-31-57(60)65-61(69)36-20-38-64(65)70(50-23-7-2-8-24-50,51-25-9-3-10-26-51)52-27-11-4-12-28-52/h1-45H. The van der Waals surface area contributed by atoms with Crippen LogP contribution in [-0.4, -0.2) is 21.8 Å². The smallest absolute Gasteiger partial charge is 0.180 e. The largest absolute Gasteiger partial charge is 0.309 e. The Labute approximate surface area is 407 Å². The number of benzene rings is 11. The van der Waals surface area contributed by atoms with E-state index < -0.39 is 8.07 Å². The van der Waals surface area contributed by atoms with Gasteiger partial charge in [-0.15, -0.1) is 0 Å². The van der Waals surface area contributed by atoms with Crippen molar-refractivity contribution < 1.29 is 0 Å². The van der Waals surface area contributed by atoms with E-state index in [2.05, 4.69) is 287 Å². The summed E-state index contributed by atoms with van der Waals surface area (Å²) in [6.07, 6.45) is 0. The molecule has 3 aromatic heterocycles. The second kappa shape index (κ2) is 16.1. The molecule has 328 valence electrons. The number of hydrogen-bond acceptors (Lipinski definition) is 0. The zero-order chi connectivity index (χ0) is 46.2. The highest BCUT2D eigenvalue weighted by Crippen LogP contribution is 2.42. The summed E-state index contributed by atoms with van der Waals surface area (Å²) in [6.45, 7) is 0. The van der Waals surface area contributed by atoms with Crippen molar-refractivity contribution in [1.29, 1.82) is 0 Å². The molecule has 0 saturated carbocycles. The normalized spacial score (nSPS) is 12.0. The molecule has 4 heteroatoms. The van der Waals surface area contributed by atoms with Crippen LogP contribution in [-0.2, 0) is 0 Å². The molecule has 14 rings (SSSR count). The van der Waals surface area contributed by atoms with Gasteiger partial charge in [-0.3, -0.25) is 0 Å². The SMILES string of the molecule is c1ccc(-c2ccc(-n3c4cc(-n5c6ccccc6c6ccccc65)ccc4c4cccc(-n5c6ccccc6c6c([Si](c7ccccc7)(c7ccccc7)c7ccccc7)cccc65)c43)cc2)cc1. The molecule has 0 aliphatic heterocycles. The lowest BCUT2D eigenvalue weighted by Crippen LogP contribution is -2.74. The maximum Gasteiger partial charge on any atom is 0.180 e. The number of aromatic nitrogens is 3. The first-order valence-electron chi connectivity index (χ1n) is 24.2. The average Bonchev–Trinajstić information content (AvgIpc) is 4.09. The van der Waals surface area contributed by atoms with Crippen LogP contribution < -0.4 is 20.7 Å². The van der Waals surface area contributed by atoms with Gasteiger partial charge in [0.05, 0.1) is 38.8 Å². The number of nitrogens with zero attached hydrogens (tertiary/aromatic N) is 3. The van der Waals surface area contributed by atoms with Crippen LogP contribution in [0.5, 0.6) is 0 Å². The maximum atomic E-state index is 2.55. The lowest BCUT2D eigenvalue weighted by atomic mass is 10.1. The third-order valence-electron chi connectivity index (χ3n) is 14.8. The van der Waals surface area contributed by atoms with E-state index in [9.17, 15) is 0 Å². The molecule has 0 N–H and O–H groups in total. The first kappa shape index (κ1) is 40.1. The van der Waals surface area contributed by atoms with Crippen molar-refractivity contribution in [1.82, 2.24) is 13.7 Å².